The van der Waals surface area contributed by atoms with Crippen molar-refractivity contribution in [1.29, 1.82) is 0 Å². The Morgan fingerprint density at radius 2 is 1.73 bits per heavy atom. The lowest BCUT2D eigenvalue weighted by Gasteiger charge is -2.31. The highest BCUT2D eigenvalue weighted by Gasteiger charge is 2.25. The van der Waals surface area contributed by atoms with Crippen molar-refractivity contribution in [3.8, 4) is 11.3 Å². The topological polar surface area (TPSA) is 30.3 Å². The van der Waals surface area contributed by atoms with Crippen LogP contribution in [-0.4, -0.2) is 27.1 Å². The summed E-state index contributed by atoms with van der Waals surface area (Å²) in [5, 5.41) is 4.25. The molecule has 7 heteroatoms. The molecule has 3 aromatic heterocycles. The summed E-state index contributed by atoms with van der Waals surface area (Å²) in [7, 11) is 0. The zero-order valence-electron chi connectivity index (χ0n) is 16.4. The number of hydrogen-bond donors (Lipinski definition) is 0. The van der Waals surface area contributed by atoms with E-state index in [1.165, 1.54) is 21.9 Å². The number of halogens is 1. The van der Waals surface area contributed by atoms with Crippen molar-refractivity contribution in [2.75, 3.05) is 6.54 Å². The highest BCUT2D eigenvalue weighted by atomic mass is 32.1. The molecule has 1 aliphatic rings. The average Bonchev–Trinajstić information content (AvgIpc) is 3.51. The number of rotatable bonds is 7. The van der Waals surface area contributed by atoms with Crippen molar-refractivity contribution in [3.05, 3.63) is 86.9 Å². The van der Waals surface area contributed by atoms with Crippen LogP contribution in [0.5, 0.6) is 0 Å². The van der Waals surface area contributed by atoms with Gasteiger partial charge in [0.15, 0.2) is 0 Å². The number of ether oxygens (including phenoxy) is 1. The van der Waals surface area contributed by atoms with Crippen molar-refractivity contribution in [1.82, 2.24) is 14.5 Å². The Kier molecular flexibility index (Phi) is 5.77. The van der Waals surface area contributed by atoms with E-state index in [1.54, 1.807) is 22.7 Å². The summed E-state index contributed by atoms with van der Waals surface area (Å²) in [6, 6.07) is 15.2. The summed E-state index contributed by atoms with van der Waals surface area (Å²) in [6.45, 7) is 3.91. The number of nitrogens with zero attached hydrogens (tertiary/aromatic N) is 3. The minimum absolute atomic E-state index is 0.0748. The highest BCUT2D eigenvalue weighted by Crippen LogP contribution is 2.26. The van der Waals surface area contributed by atoms with Gasteiger partial charge in [-0.2, -0.15) is 0 Å². The van der Waals surface area contributed by atoms with Crippen LogP contribution < -0.4 is 0 Å². The smallest absolute Gasteiger partial charge is 0.135 e. The van der Waals surface area contributed by atoms with Gasteiger partial charge in [-0.1, -0.05) is 12.1 Å². The number of imidazole rings is 1. The van der Waals surface area contributed by atoms with Crippen molar-refractivity contribution in [3.63, 3.8) is 0 Å². The number of hydrogen-bond acceptors (Lipinski definition) is 5. The normalized spacial score (nSPS) is 16.1. The Morgan fingerprint density at radius 3 is 2.37 bits per heavy atom. The monoisotopic (exact) mass is 439 g/mol. The van der Waals surface area contributed by atoms with Crippen LogP contribution in [0.2, 0.25) is 0 Å². The highest BCUT2D eigenvalue weighted by molar-refractivity contribution is 7.10. The van der Waals surface area contributed by atoms with E-state index in [2.05, 4.69) is 49.5 Å². The molecule has 0 amide bonds. The van der Waals surface area contributed by atoms with Crippen LogP contribution >= 0.6 is 22.7 Å². The van der Waals surface area contributed by atoms with Gasteiger partial charge in [-0.15, -0.1) is 22.7 Å². The predicted molar refractivity (Wildman–Crippen MR) is 119 cm³/mol. The first-order valence-electron chi connectivity index (χ1n) is 9.93. The second-order valence-electron chi connectivity index (χ2n) is 7.44. The van der Waals surface area contributed by atoms with E-state index in [4.69, 9.17) is 4.74 Å². The summed E-state index contributed by atoms with van der Waals surface area (Å²) >= 11 is 3.58. The molecule has 4 heterocycles. The lowest BCUT2D eigenvalue weighted by Crippen LogP contribution is -2.38. The minimum atomic E-state index is -0.226. The first-order valence-corrected chi connectivity index (χ1v) is 11.7. The number of aromatic nitrogens is 2. The Hall–Kier alpha value is -2.32. The lowest BCUT2D eigenvalue weighted by molar-refractivity contribution is -0.0203. The summed E-state index contributed by atoms with van der Waals surface area (Å²) in [5.41, 5.74) is 1.99. The molecule has 0 spiro atoms. The Morgan fingerprint density at radius 1 is 1.03 bits per heavy atom. The molecule has 0 unspecified atom stereocenters. The van der Waals surface area contributed by atoms with Crippen LogP contribution in [0.3, 0.4) is 0 Å². The van der Waals surface area contributed by atoms with Crippen molar-refractivity contribution < 1.29 is 9.13 Å². The second kappa shape index (κ2) is 8.81. The molecule has 0 saturated carbocycles. The van der Waals surface area contributed by atoms with Gasteiger partial charge in [0, 0.05) is 29.4 Å². The summed E-state index contributed by atoms with van der Waals surface area (Å²) in [4.78, 5) is 9.70. The maximum Gasteiger partial charge on any atom is 0.135 e. The molecule has 4 aromatic rings. The molecule has 0 N–H and O–H groups in total. The largest absolute Gasteiger partial charge is 0.367 e. The van der Waals surface area contributed by atoms with Gasteiger partial charge < -0.3 is 9.30 Å². The van der Waals surface area contributed by atoms with E-state index < -0.39 is 0 Å². The molecule has 1 aliphatic heterocycles. The molecule has 0 saturated heterocycles. The standard InChI is InChI=1S/C23H22FN3OS2/c24-18-7-5-17(6-8-18)22-11-25-23-16-28-19(13-27(22)23)12-26(14-20-3-1-9-29-20)15-21-4-2-10-30-21/h1-11,19H,12-16H2/t19-/m0/s1. The van der Waals surface area contributed by atoms with Gasteiger partial charge in [-0.25, -0.2) is 9.37 Å². The van der Waals surface area contributed by atoms with Crippen LogP contribution in [-0.2, 0) is 31.0 Å². The maximum atomic E-state index is 13.3. The first-order chi connectivity index (χ1) is 14.7. The van der Waals surface area contributed by atoms with Crippen LogP contribution in [0, 0.1) is 5.82 Å². The third kappa shape index (κ3) is 4.39. The quantitative estimate of drug-likeness (QED) is 0.386. The zero-order chi connectivity index (χ0) is 20.3. The van der Waals surface area contributed by atoms with Crippen molar-refractivity contribution >= 4 is 22.7 Å². The third-order valence-electron chi connectivity index (χ3n) is 5.29. The second-order valence-corrected chi connectivity index (χ2v) is 9.50. The summed E-state index contributed by atoms with van der Waals surface area (Å²) < 4.78 is 21.7. The first kappa shape index (κ1) is 19.6. The molecule has 0 aliphatic carbocycles. The Balaban J connectivity index is 1.33. The van der Waals surface area contributed by atoms with Gasteiger partial charge in [0.1, 0.15) is 18.2 Å². The van der Waals surface area contributed by atoms with E-state index in [9.17, 15) is 4.39 Å². The molecule has 4 nitrogen and oxygen atoms in total. The maximum absolute atomic E-state index is 13.3. The fourth-order valence-electron chi connectivity index (χ4n) is 3.86. The van der Waals surface area contributed by atoms with Crippen molar-refractivity contribution in [2.24, 2.45) is 0 Å². The van der Waals surface area contributed by atoms with E-state index in [-0.39, 0.29) is 11.9 Å². The minimum Gasteiger partial charge on any atom is -0.367 e. The third-order valence-corrected chi connectivity index (χ3v) is 7.02. The van der Waals surface area contributed by atoms with E-state index in [0.717, 1.165) is 43.3 Å². The fourth-order valence-corrected chi connectivity index (χ4v) is 5.35. The number of benzene rings is 1. The Labute approximate surface area is 183 Å². The summed E-state index contributed by atoms with van der Waals surface area (Å²) in [5.74, 6) is 0.699. The molecule has 0 radical (unpaired) electrons. The number of thiophene rings is 2. The molecule has 1 aromatic carbocycles. The zero-order valence-corrected chi connectivity index (χ0v) is 18.0. The van der Waals surface area contributed by atoms with Gasteiger partial charge in [0.2, 0.25) is 0 Å². The molecule has 0 fully saturated rings. The van der Waals surface area contributed by atoms with Gasteiger partial charge in [-0.05, 0) is 52.7 Å². The average molecular weight is 440 g/mol. The molecule has 5 rings (SSSR count). The van der Waals surface area contributed by atoms with Gasteiger partial charge in [-0.3, -0.25) is 4.90 Å². The fraction of sp³-hybridized carbons (Fsp3) is 0.261. The molecule has 154 valence electrons. The van der Waals surface area contributed by atoms with Crippen LogP contribution in [0.4, 0.5) is 4.39 Å². The molecule has 30 heavy (non-hydrogen) atoms. The summed E-state index contributed by atoms with van der Waals surface area (Å²) in [6.07, 6.45) is 1.94. The van der Waals surface area contributed by atoms with E-state index >= 15 is 0 Å². The lowest BCUT2D eigenvalue weighted by atomic mass is 10.1. The van der Waals surface area contributed by atoms with Gasteiger partial charge in [0.25, 0.3) is 0 Å². The molecule has 1 atom stereocenters. The van der Waals surface area contributed by atoms with E-state index in [1.807, 2.05) is 18.3 Å². The van der Waals surface area contributed by atoms with Gasteiger partial charge >= 0.3 is 0 Å². The SMILES string of the molecule is Fc1ccc(-c2cnc3n2C[C@H](CN(Cc2cccs2)Cc2cccs2)OC3)cc1. The number of fused-ring (bicyclic) bond motifs is 1. The molecular formula is C23H22FN3OS2. The Bertz CT molecular complexity index is 1040. The van der Waals surface area contributed by atoms with Crippen LogP contribution in [0.1, 0.15) is 15.6 Å². The van der Waals surface area contributed by atoms with Gasteiger partial charge in [0.05, 0.1) is 24.5 Å². The van der Waals surface area contributed by atoms with Crippen LogP contribution in [0.15, 0.2) is 65.5 Å². The van der Waals surface area contributed by atoms with Crippen LogP contribution in [0.25, 0.3) is 11.3 Å². The van der Waals surface area contributed by atoms with Crippen molar-refractivity contribution in [2.45, 2.75) is 32.3 Å². The molecular weight excluding hydrogens is 417 g/mol. The molecule has 0 bridgehead atoms. The predicted octanol–water partition coefficient (Wildman–Crippen LogP) is 5.41. The van der Waals surface area contributed by atoms with E-state index in [0.29, 0.717) is 6.61 Å².